The average Bonchev–Trinajstić information content (AvgIpc) is 3.38. The van der Waals surface area contributed by atoms with E-state index in [2.05, 4.69) is 0 Å². The van der Waals surface area contributed by atoms with Crippen LogP contribution in [0.2, 0.25) is 0 Å². The Morgan fingerprint density at radius 3 is 2.29 bits per heavy atom. The van der Waals surface area contributed by atoms with Gasteiger partial charge in [0.1, 0.15) is 5.75 Å². The predicted molar refractivity (Wildman–Crippen MR) is 128 cm³/mol. The fraction of sp³-hybridized carbons (Fsp3) is 0.480. The van der Waals surface area contributed by atoms with Crippen LogP contribution in [0.5, 0.6) is 17.2 Å². The van der Waals surface area contributed by atoms with Gasteiger partial charge in [-0.1, -0.05) is 12.1 Å². The van der Waals surface area contributed by atoms with Gasteiger partial charge < -0.3 is 19.1 Å². The molecule has 9 heteroatoms. The van der Waals surface area contributed by atoms with E-state index in [4.69, 9.17) is 14.2 Å². The molecule has 2 heterocycles. The molecule has 2 fully saturated rings. The van der Waals surface area contributed by atoms with Gasteiger partial charge in [0.25, 0.3) is 0 Å². The molecule has 4 rings (SSSR count). The van der Waals surface area contributed by atoms with Gasteiger partial charge >= 0.3 is 0 Å². The number of sulfonamides is 1. The van der Waals surface area contributed by atoms with Crippen molar-refractivity contribution in [1.82, 2.24) is 9.21 Å². The van der Waals surface area contributed by atoms with Crippen molar-refractivity contribution in [3.63, 3.8) is 0 Å². The summed E-state index contributed by atoms with van der Waals surface area (Å²) in [5.41, 5.74) is 1.08. The first-order valence-corrected chi connectivity index (χ1v) is 13.0. The zero-order valence-electron chi connectivity index (χ0n) is 19.9. The fourth-order valence-corrected chi connectivity index (χ4v) is 6.42. The van der Waals surface area contributed by atoms with Gasteiger partial charge in [-0.05, 0) is 55.5 Å². The summed E-state index contributed by atoms with van der Waals surface area (Å²) in [7, 11) is 0.931. The smallest absolute Gasteiger partial charge is 0.243 e. The van der Waals surface area contributed by atoms with E-state index in [0.29, 0.717) is 37.4 Å². The molecular weight excluding hydrogens is 456 g/mol. The molecule has 8 nitrogen and oxygen atoms in total. The van der Waals surface area contributed by atoms with Crippen molar-refractivity contribution in [1.29, 1.82) is 0 Å². The number of amides is 1. The second kappa shape index (κ2) is 10.2. The van der Waals surface area contributed by atoms with Crippen LogP contribution in [-0.4, -0.2) is 64.5 Å². The zero-order chi connectivity index (χ0) is 24.3. The Morgan fingerprint density at radius 1 is 0.882 bits per heavy atom. The summed E-state index contributed by atoms with van der Waals surface area (Å²) < 4.78 is 43.7. The van der Waals surface area contributed by atoms with E-state index in [1.807, 2.05) is 29.2 Å². The molecule has 0 spiro atoms. The molecule has 184 valence electrons. The van der Waals surface area contributed by atoms with Crippen LogP contribution in [-0.2, 0) is 14.8 Å². The van der Waals surface area contributed by atoms with Gasteiger partial charge in [0.2, 0.25) is 15.9 Å². The Balaban J connectivity index is 1.43. The molecule has 0 aliphatic carbocycles. The molecule has 0 saturated carbocycles. The van der Waals surface area contributed by atoms with Crippen molar-refractivity contribution in [3.05, 3.63) is 48.0 Å². The maximum atomic E-state index is 13.4. The van der Waals surface area contributed by atoms with Crippen LogP contribution in [0.15, 0.2) is 47.4 Å². The molecular formula is C25H32N2O6S. The van der Waals surface area contributed by atoms with Gasteiger partial charge in [-0.15, -0.1) is 0 Å². The van der Waals surface area contributed by atoms with Gasteiger partial charge in [0.05, 0.1) is 32.3 Å². The minimum Gasteiger partial charge on any atom is -0.497 e. The normalized spacial score (nSPS) is 19.7. The number of carbonyl (C=O) groups is 1. The van der Waals surface area contributed by atoms with E-state index in [1.165, 1.54) is 30.7 Å². The SMILES string of the molecule is COc1cccc([C@H]2CCCN2C(=O)C2CCN(S(=O)(=O)c3ccc(OC)c(OC)c3)CC2)c1. The number of carbonyl (C=O) groups excluding carboxylic acids is 1. The average molecular weight is 489 g/mol. The van der Waals surface area contributed by atoms with Crippen LogP contribution in [0.1, 0.15) is 37.3 Å². The summed E-state index contributed by atoms with van der Waals surface area (Å²) in [4.78, 5) is 15.5. The molecule has 2 aliphatic rings. The lowest BCUT2D eigenvalue weighted by atomic mass is 9.95. The predicted octanol–water partition coefficient (Wildman–Crippen LogP) is 3.48. The minimum atomic E-state index is -3.69. The molecule has 2 aliphatic heterocycles. The highest BCUT2D eigenvalue weighted by molar-refractivity contribution is 7.89. The Bertz CT molecular complexity index is 1130. The van der Waals surface area contributed by atoms with E-state index in [-0.39, 0.29) is 22.8 Å². The maximum Gasteiger partial charge on any atom is 0.243 e. The van der Waals surface area contributed by atoms with Crippen LogP contribution in [0.4, 0.5) is 0 Å². The largest absolute Gasteiger partial charge is 0.497 e. The summed E-state index contributed by atoms with van der Waals surface area (Å²) in [6.45, 7) is 1.35. The highest BCUT2D eigenvalue weighted by atomic mass is 32.2. The Hall–Kier alpha value is -2.78. The fourth-order valence-electron chi connectivity index (χ4n) is 4.93. The first-order chi connectivity index (χ1) is 16.4. The van der Waals surface area contributed by atoms with Gasteiger partial charge in [-0.2, -0.15) is 4.31 Å². The summed E-state index contributed by atoms with van der Waals surface area (Å²) in [6, 6.07) is 12.5. The summed E-state index contributed by atoms with van der Waals surface area (Å²) in [6.07, 6.45) is 2.89. The minimum absolute atomic E-state index is 0.0381. The molecule has 2 aromatic carbocycles. The standard InChI is InChI=1S/C25H32N2O6S/c1-31-20-7-4-6-19(16-20)22-8-5-13-27(22)25(28)18-11-14-26(15-12-18)34(29,30)21-9-10-23(32-2)24(17-21)33-3/h4,6-7,9-10,16-18,22H,5,8,11-15H2,1-3H3/t22-/m1/s1. The van der Waals surface area contributed by atoms with Gasteiger partial charge in [0.15, 0.2) is 11.5 Å². The molecule has 0 unspecified atom stereocenters. The van der Waals surface area contributed by atoms with Gasteiger partial charge in [-0.25, -0.2) is 8.42 Å². The van der Waals surface area contributed by atoms with E-state index in [9.17, 15) is 13.2 Å². The Kier molecular flexibility index (Phi) is 7.33. The zero-order valence-corrected chi connectivity index (χ0v) is 20.7. The first-order valence-electron chi connectivity index (χ1n) is 11.6. The van der Waals surface area contributed by atoms with E-state index in [1.54, 1.807) is 13.2 Å². The quantitative estimate of drug-likeness (QED) is 0.593. The first kappa shape index (κ1) is 24.3. The maximum absolute atomic E-state index is 13.4. The second-order valence-corrected chi connectivity index (χ2v) is 10.6. The Labute approximate surface area is 201 Å². The van der Waals surface area contributed by atoms with E-state index >= 15 is 0 Å². The lowest BCUT2D eigenvalue weighted by Gasteiger charge is -2.34. The number of hydrogen-bond acceptors (Lipinski definition) is 6. The summed E-state index contributed by atoms with van der Waals surface area (Å²) in [5.74, 6) is 1.57. The molecule has 0 N–H and O–H groups in total. The number of methoxy groups -OCH3 is 3. The van der Waals surface area contributed by atoms with Crippen molar-refractivity contribution in [3.8, 4) is 17.2 Å². The van der Waals surface area contributed by atoms with Gasteiger partial charge in [-0.3, -0.25) is 4.79 Å². The third-order valence-electron chi connectivity index (χ3n) is 6.81. The molecule has 1 atom stereocenters. The topological polar surface area (TPSA) is 85.4 Å². The highest BCUT2D eigenvalue weighted by Gasteiger charge is 2.38. The van der Waals surface area contributed by atoms with E-state index < -0.39 is 10.0 Å². The Morgan fingerprint density at radius 2 is 1.62 bits per heavy atom. The number of hydrogen-bond donors (Lipinski definition) is 0. The molecule has 0 bridgehead atoms. The molecule has 0 aromatic heterocycles. The molecule has 0 radical (unpaired) electrons. The number of benzene rings is 2. The number of likely N-dealkylation sites (tertiary alicyclic amines) is 1. The third-order valence-corrected chi connectivity index (χ3v) is 8.71. The summed E-state index contributed by atoms with van der Waals surface area (Å²) in [5, 5.41) is 0. The highest BCUT2D eigenvalue weighted by Crippen LogP contribution is 2.37. The molecule has 2 saturated heterocycles. The van der Waals surface area contributed by atoms with Gasteiger partial charge in [0, 0.05) is 31.6 Å². The summed E-state index contributed by atoms with van der Waals surface area (Å²) >= 11 is 0. The van der Waals surface area contributed by atoms with Crippen molar-refractivity contribution in [2.24, 2.45) is 5.92 Å². The molecule has 34 heavy (non-hydrogen) atoms. The van der Waals surface area contributed by atoms with Crippen molar-refractivity contribution >= 4 is 15.9 Å². The third kappa shape index (κ3) is 4.72. The molecule has 1 amide bonds. The number of piperidine rings is 1. The van der Waals surface area contributed by atoms with Crippen molar-refractivity contribution in [2.75, 3.05) is 41.0 Å². The molecule has 2 aromatic rings. The number of ether oxygens (including phenoxy) is 3. The number of rotatable bonds is 7. The van der Waals surface area contributed by atoms with Crippen LogP contribution in [0, 0.1) is 5.92 Å². The van der Waals surface area contributed by atoms with Crippen molar-refractivity contribution < 1.29 is 27.4 Å². The lowest BCUT2D eigenvalue weighted by Crippen LogP contribution is -2.44. The number of nitrogens with zero attached hydrogens (tertiary/aromatic N) is 2. The monoisotopic (exact) mass is 488 g/mol. The van der Waals surface area contributed by atoms with Crippen LogP contribution >= 0.6 is 0 Å². The lowest BCUT2D eigenvalue weighted by molar-refractivity contribution is -0.137. The van der Waals surface area contributed by atoms with Crippen LogP contribution < -0.4 is 14.2 Å². The second-order valence-electron chi connectivity index (χ2n) is 8.66. The van der Waals surface area contributed by atoms with Crippen LogP contribution in [0.25, 0.3) is 0 Å². The van der Waals surface area contributed by atoms with Crippen molar-refractivity contribution in [2.45, 2.75) is 36.6 Å². The van der Waals surface area contributed by atoms with Crippen LogP contribution in [0.3, 0.4) is 0 Å². The van der Waals surface area contributed by atoms with E-state index in [0.717, 1.165) is 30.7 Å².